The van der Waals surface area contributed by atoms with Crippen LogP contribution in [0.1, 0.15) is 47.4 Å². The van der Waals surface area contributed by atoms with Crippen LogP contribution in [0.4, 0.5) is 17.2 Å². The predicted molar refractivity (Wildman–Crippen MR) is 148 cm³/mol. The second-order valence-corrected chi connectivity index (χ2v) is 10.3. The zero-order valence-electron chi connectivity index (χ0n) is 21.1. The van der Waals surface area contributed by atoms with Crippen molar-refractivity contribution in [1.29, 1.82) is 0 Å². The molecule has 0 unspecified atom stereocenters. The first-order valence-electron chi connectivity index (χ1n) is 12.3. The van der Waals surface area contributed by atoms with Gasteiger partial charge in [-0.1, -0.05) is 37.6 Å². The lowest BCUT2D eigenvalue weighted by molar-refractivity contribution is 0.101. The Balaban J connectivity index is 1.57. The van der Waals surface area contributed by atoms with E-state index in [1.54, 1.807) is 42.5 Å². The van der Waals surface area contributed by atoms with Crippen LogP contribution in [0, 0.1) is 5.41 Å². The van der Waals surface area contributed by atoms with Crippen LogP contribution >= 0.6 is 11.6 Å². The summed E-state index contributed by atoms with van der Waals surface area (Å²) in [5.74, 6) is 0.0524. The lowest BCUT2D eigenvalue weighted by Gasteiger charge is -2.25. The van der Waals surface area contributed by atoms with E-state index in [0.717, 1.165) is 31.6 Å². The van der Waals surface area contributed by atoms with Crippen molar-refractivity contribution >= 4 is 40.6 Å². The van der Waals surface area contributed by atoms with Crippen molar-refractivity contribution in [3.05, 3.63) is 76.9 Å². The summed E-state index contributed by atoms with van der Waals surface area (Å²) in [6.45, 7) is 6.79. The number of carbonyl (C=O) groups is 2. The van der Waals surface area contributed by atoms with E-state index in [1.807, 2.05) is 26.0 Å². The van der Waals surface area contributed by atoms with Crippen molar-refractivity contribution in [3.8, 4) is 5.75 Å². The smallest absolute Gasteiger partial charge is 0.259 e. The highest BCUT2D eigenvalue weighted by Gasteiger charge is 2.23. The van der Waals surface area contributed by atoms with Gasteiger partial charge in [0.15, 0.2) is 0 Å². The number of hydrogen-bond donors (Lipinski definition) is 3. The van der Waals surface area contributed by atoms with Gasteiger partial charge in [-0.15, -0.1) is 0 Å². The van der Waals surface area contributed by atoms with E-state index in [4.69, 9.17) is 22.1 Å². The Kier molecular flexibility index (Phi) is 8.31. The van der Waals surface area contributed by atoms with Gasteiger partial charge in [-0.05, 0) is 49.2 Å². The van der Waals surface area contributed by atoms with Gasteiger partial charge in [0.25, 0.3) is 11.8 Å². The molecular weight excluding hydrogens is 490 g/mol. The zero-order valence-corrected chi connectivity index (χ0v) is 21.8. The number of nitrogens with zero attached hydrogens (tertiary/aromatic N) is 2. The van der Waals surface area contributed by atoms with Crippen LogP contribution in [0.5, 0.6) is 5.75 Å². The number of hydrogen-bond acceptors (Lipinski definition) is 6. The third kappa shape index (κ3) is 6.78. The molecule has 9 heteroatoms. The van der Waals surface area contributed by atoms with Crippen LogP contribution in [0.15, 0.2) is 60.8 Å². The average molecular weight is 522 g/mol. The molecule has 8 nitrogen and oxygen atoms in total. The van der Waals surface area contributed by atoms with Crippen molar-refractivity contribution in [3.63, 3.8) is 0 Å². The molecule has 1 saturated heterocycles. The highest BCUT2D eigenvalue weighted by Crippen LogP contribution is 2.30. The molecule has 1 aliphatic rings. The quantitative estimate of drug-likeness (QED) is 0.357. The number of para-hydroxylation sites is 1. The molecule has 2 amide bonds. The molecule has 4 rings (SSSR count). The van der Waals surface area contributed by atoms with E-state index in [0.29, 0.717) is 46.6 Å². The minimum absolute atomic E-state index is 0.252. The van der Waals surface area contributed by atoms with E-state index >= 15 is 0 Å². The summed E-state index contributed by atoms with van der Waals surface area (Å²) in [7, 11) is 0. The maximum absolute atomic E-state index is 13.4. The third-order valence-electron chi connectivity index (χ3n) is 6.24. The molecule has 0 bridgehead atoms. The topological polar surface area (TPSA) is 110 Å². The number of carbonyl (C=O) groups excluding carboxylic acids is 2. The molecule has 0 radical (unpaired) electrons. The Hall–Kier alpha value is -3.62. The highest BCUT2D eigenvalue weighted by molar-refractivity contribution is 6.30. The summed E-state index contributed by atoms with van der Waals surface area (Å²) >= 11 is 5.88. The highest BCUT2D eigenvalue weighted by atomic mass is 35.5. The Labute approximate surface area is 222 Å². The third-order valence-corrected chi connectivity index (χ3v) is 6.46. The number of rotatable bonds is 9. The van der Waals surface area contributed by atoms with E-state index < -0.39 is 5.91 Å². The SMILES string of the molecule is CC(C)(CN)COc1cc(N2CCCC2)ccc1C(=O)Nc1ccccc1C(=O)Nc1ccc(Cl)cn1. The second-order valence-electron chi connectivity index (χ2n) is 9.85. The summed E-state index contributed by atoms with van der Waals surface area (Å²) in [5, 5.41) is 6.08. The molecule has 194 valence electrons. The first kappa shape index (κ1) is 26.4. The number of amides is 2. The molecule has 1 fully saturated rings. The number of pyridine rings is 1. The molecule has 1 aromatic heterocycles. The predicted octanol–water partition coefficient (Wildman–Crippen LogP) is 5.20. The van der Waals surface area contributed by atoms with Gasteiger partial charge in [-0.25, -0.2) is 4.98 Å². The van der Waals surface area contributed by atoms with Crippen molar-refractivity contribution in [2.45, 2.75) is 26.7 Å². The van der Waals surface area contributed by atoms with E-state index in [1.165, 1.54) is 6.20 Å². The van der Waals surface area contributed by atoms with E-state index in [2.05, 4.69) is 20.5 Å². The minimum Gasteiger partial charge on any atom is -0.492 e. The van der Waals surface area contributed by atoms with Crippen LogP contribution in [-0.4, -0.2) is 43.0 Å². The molecule has 37 heavy (non-hydrogen) atoms. The number of aromatic nitrogens is 1. The van der Waals surface area contributed by atoms with Gasteiger partial charge in [0, 0.05) is 43.0 Å². The normalized spacial score (nSPS) is 13.4. The summed E-state index contributed by atoms with van der Waals surface area (Å²) in [5.41, 5.74) is 7.71. The number of anilines is 3. The van der Waals surface area contributed by atoms with Gasteiger partial charge in [-0.3, -0.25) is 9.59 Å². The van der Waals surface area contributed by atoms with Crippen LogP contribution in [0.3, 0.4) is 0 Å². The largest absolute Gasteiger partial charge is 0.492 e. The molecule has 2 heterocycles. The van der Waals surface area contributed by atoms with Gasteiger partial charge >= 0.3 is 0 Å². The first-order valence-corrected chi connectivity index (χ1v) is 12.7. The molecule has 0 saturated carbocycles. The number of nitrogens with one attached hydrogen (secondary N) is 2. The summed E-state index contributed by atoms with van der Waals surface area (Å²) in [4.78, 5) is 32.8. The number of nitrogens with two attached hydrogens (primary N) is 1. The first-order chi connectivity index (χ1) is 17.8. The van der Waals surface area contributed by atoms with Gasteiger partial charge < -0.3 is 26.0 Å². The molecule has 2 aromatic carbocycles. The number of halogens is 1. The van der Waals surface area contributed by atoms with Gasteiger partial charge in [-0.2, -0.15) is 0 Å². The van der Waals surface area contributed by atoms with Crippen molar-refractivity contribution < 1.29 is 14.3 Å². The maximum Gasteiger partial charge on any atom is 0.259 e. The van der Waals surface area contributed by atoms with Crippen LogP contribution in [0.2, 0.25) is 5.02 Å². The maximum atomic E-state index is 13.4. The Morgan fingerprint density at radius 2 is 1.76 bits per heavy atom. The summed E-state index contributed by atoms with van der Waals surface area (Å²) in [6, 6.07) is 15.7. The average Bonchev–Trinajstić information content (AvgIpc) is 3.44. The molecular formula is C28H32ClN5O3. The molecule has 0 aliphatic carbocycles. The summed E-state index contributed by atoms with van der Waals surface area (Å²) < 4.78 is 6.15. The Bertz CT molecular complexity index is 1260. The van der Waals surface area contributed by atoms with E-state index in [-0.39, 0.29) is 11.3 Å². The molecule has 4 N–H and O–H groups in total. The minimum atomic E-state index is -0.406. The Morgan fingerprint density at radius 3 is 2.46 bits per heavy atom. The molecule has 1 aliphatic heterocycles. The van der Waals surface area contributed by atoms with E-state index in [9.17, 15) is 9.59 Å². The van der Waals surface area contributed by atoms with Crippen LogP contribution in [0.25, 0.3) is 0 Å². The molecule has 3 aromatic rings. The molecule has 0 spiro atoms. The monoisotopic (exact) mass is 521 g/mol. The van der Waals surface area contributed by atoms with Crippen LogP contribution < -0.4 is 26.0 Å². The fourth-order valence-corrected chi connectivity index (χ4v) is 4.05. The fraction of sp³-hybridized carbons (Fsp3) is 0.321. The van der Waals surface area contributed by atoms with Crippen molar-refractivity contribution in [2.24, 2.45) is 11.1 Å². The fourth-order valence-electron chi connectivity index (χ4n) is 3.94. The zero-order chi connectivity index (χ0) is 26.4. The second kappa shape index (κ2) is 11.6. The van der Waals surface area contributed by atoms with Crippen molar-refractivity contribution in [2.75, 3.05) is 41.8 Å². The van der Waals surface area contributed by atoms with Gasteiger partial charge in [0.2, 0.25) is 0 Å². The lowest BCUT2D eigenvalue weighted by atomic mass is 9.95. The van der Waals surface area contributed by atoms with Gasteiger partial charge in [0.05, 0.1) is 28.4 Å². The van der Waals surface area contributed by atoms with Crippen LogP contribution in [-0.2, 0) is 0 Å². The molecule has 0 atom stereocenters. The number of benzene rings is 2. The number of ether oxygens (including phenoxy) is 1. The van der Waals surface area contributed by atoms with Crippen molar-refractivity contribution in [1.82, 2.24) is 4.98 Å². The summed E-state index contributed by atoms with van der Waals surface area (Å²) in [6.07, 6.45) is 3.73. The Morgan fingerprint density at radius 1 is 1.03 bits per heavy atom. The van der Waals surface area contributed by atoms with Gasteiger partial charge in [0.1, 0.15) is 11.6 Å². The lowest BCUT2D eigenvalue weighted by Crippen LogP contribution is -2.30. The standard InChI is InChI=1S/C28H32ClN5O3/c1-28(2,17-30)18-37-24-15-20(34-13-5-6-14-34)10-11-22(24)27(36)32-23-8-4-3-7-21(23)26(35)33-25-12-9-19(29)16-31-25/h3-4,7-12,15-16H,5-6,13-14,17-18,30H2,1-2H3,(H,32,36)(H,31,33,35).